The summed E-state index contributed by atoms with van der Waals surface area (Å²) in [5.41, 5.74) is 3.13. The number of carbonyl (C=O) groups excluding carboxylic acids is 2. The van der Waals surface area contributed by atoms with E-state index in [1.165, 1.54) is 17.8 Å². The second-order valence-electron chi connectivity index (χ2n) is 8.78. The first-order valence-electron chi connectivity index (χ1n) is 11.5. The summed E-state index contributed by atoms with van der Waals surface area (Å²) in [5, 5.41) is 1.94. The third kappa shape index (κ3) is 3.75. The van der Waals surface area contributed by atoms with Crippen molar-refractivity contribution in [3.63, 3.8) is 0 Å². The Balaban J connectivity index is 1.45. The summed E-state index contributed by atoms with van der Waals surface area (Å²) in [7, 11) is 0. The molecule has 1 aliphatic carbocycles. The molecule has 7 nitrogen and oxygen atoms in total. The molecule has 1 N–H and O–H groups in total. The number of rotatable bonds is 5. The lowest BCUT2D eigenvalue weighted by Gasteiger charge is -2.34. The molecule has 8 heteroatoms. The highest BCUT2D eigenvalue weighted by atomic mass is 32.1. The van der Waals surface area contributed by atoms with Crippen LogP contribution in [0.2, 0.25) is 0 Å². The number of thiophene rings is 1. The van der Waals surface area contributed by atoms with Gasteiger partial charge in [-0.15, -0.1) is 11.3 Å². The zero-order chi connectivity index (χ0) is 22.1. The number of aromatic nitrogens is 3. The summed E-state index contributed by atoms with van der Waals surface area (Å²) in [6.07, 6.45) is 9.62. The Hall–Kier alpha value is -2.58. The summed E-state index contributed by atoms with van der Waals surface area (Å²) in [4.78, 5) is 41.4. The number of hydrogen-bond acceptors (Lipinski definition) is 6. The van der Waals surface area contributed by atoms with Gasteiger partial charge in [0.15, 0.2) is 11.4 Å². The van der Waals surface area contributed by atoms with Gasteiger partial charge in [0.05, 0.1) is 35.5 Å². The summed E-state index contributed by atoms with van der Waals surface area (Å²) < 4.78 is 5.34. The van der Waals surface area contributed by atoms with Crippen LogP contribution in [0.5, 0.6) is 0 Å². The molecule has 0 aromatic carbocycles. The number of Topliss-reactive ketones (excluding diaryl/α,β-unsaturated/α-hetero) is 1. The highest BCUT2D eigenvalue weighted by Gasteiger charge is 2.39. The first kappa shape index (κ1) is 21.3. The first-order valence-corrected chi connectivity index (χ1v) is 12.3. The summed E-state index contributed by atoms with van der Waals surface area (Å²) >= 11 is 1.42. The Morgan fingerprint density at radius 3 is 2.75 bits per heavy atom. The van der Waals surface area contributed by atoms with Crippen molar-refractivity contribution in [3.05, 3.63) is 34.3 Å². The monoisotopic (exact) mass is 452 g/mol. The molecule has 3 aromatic heterocycles. The molecule has 32 heavy (non-hydrogen) atoms. The lowest BCUT2D eigenvalue weighted by molar-refractivity contribution is 0.0306. The highest BCUT2D eigenvalue weighted by molar-refractivity contribution is 7.12. The van der Waals surface area contributed by atoms with Gasteiger partial charge in [0.1, 0.15) is 5.52 Å². The van der Waals surface area contributed by atoms with Crippen LogP contribution < -0.4 is 0 Å². The number of H-pyrrole nitrogens is 1. The summed E-state index contributed by atoms with van der Waals surface area (Å²) in [6.45, 7) is 4.51. The van der Waals surface area contributed by atoms with Gasteiger partial charge in [-0.1, -0.05) is 26.2 Å². The number of fused-ring (bicyclic) bond motifs is 1. The smallest absolute Gasteiger partial charge is 0.264 e. The van der Waals surface area contributed by atoms with Crippen molar-refractivity contribution in [2.75, 3.05) is 26.3 Å². The molecule has 4 heterocycles. The van der Waals surface area contributed by atoms with Crippen molar-refractivity contribution < 1.29 is 14.3 Å². The molecule has 0 radical (unpaired) electrons. The van der Waals surface area contributed by atoms with Crippen LogP contribution in [0.15, 0.2) is 23.8 Å². The molecule has 168 valence electrons. The van der Waals surface area contributed by atoms with Crippen LogP contribution in [-0.2, 0) is 4.74 Å². The lowest BCUT2D eigenvalue weighted by atomic mass is 9.68. The second-order valence-corrected chi connectivity index (χ2v) is 9.69. The zero-order valence-corrected chi connectivity index (χ0v) is 19.2. The van der Waals surface area contributed by atoms with E-state index in [0.717, 1.165) is 37.7 Å². The SMILES string of the molecule is CCC1(C(=O)c2c[nH]c3ncc(-c4csc(C(=O)N5CCOCC5)c4)nc23)CCCCC1. The number of amides is 1. The number of carbonyl (C=O) groups is 2. The van der Waals surface area contributed by atoms with Gasteiger partial charge in [-0.25, -0.2) is 9.97 Å². The van der Waals surface area contributed by atoms with Crippen LogP contribution >= 0.6 is 11.3 Å². The topological polar surface area (TPSA) is 88.2 Å². The van der Waals surface area contributed by atoms with Gasteiger partial charge in [-0.3, -0.25) is 9.59 Å². The van der Waals surface area contributed by atoms with E-state index in [0.29, 0.717) is 53.6 Å². The van der Waals surface area contributed by atoms with Gasteiger partial charge in [-0.05, 0) is 25.3 Å². The minimum atomic E-state index is -0.287. The van der Waals surface area contributed by atoms with E-state index >= 15 is 0 Å². The molecular weight excluding hydrogens is 424 g/mol. The normalized spacial score (nSPS) is 18.7. The predicted octanol–water partition coefficient (Wildman–Crippen LogP) is 4.70. The molecule has 2 fully saturated rings. The average molecular weight is 453 g/mol. The van der Waals surface area contributed by atoms with E-state index in [2.05, 4.69) is 16.9 Å². The number of hydrogen-bond donors (Lipinski definition) is 1. The van der Waals surface area contributed by atoms with Crippen LogP contribution in [0.1, 0.15) is 65.5 Å². The molecule has 1 saturated carbocycles. The molecule has 5 rings (SSSR count). The quantitative estimate of drug-likeness (QED) is 0.567. The van der Waals surface area contributed by atoms with Crippen molar-refractivity contribution in [3.8, 4) is 11.3 Å². The number of nitrogens with one attached hydrogen (secondary N) is 1. The molecule has 3 aromatic rings. The first-order chi connectivity index (χ1) is 15.6. The Bertz CT molecular complexity index is 1140. The van der Waals surface area contributed by atoms with Gasteiger partial charge in [-0.2, -0.15) is 0 Å². The Morgan fingerprint density at radius 1 is 1.22 bits per heavy atom. The minimum Gasteiger partial charge on any atom is -0.378 e. The van der Waals surface area contributed by atoms with Gasteiger partial charge in [0, 0.05) is 35.6 Å². The van der Waals surface area contributed by atoms with E-state index in [1.807, 2.05) is 16.3 Å². The van der Waals surface area contributed by atoms with Crippen LogP contribution in [0.3, 0.4) is 0 Å². The highest BCUT2D eigenvalue weighted by Crippen LogP contribution is 2.42. The molecule has 0 atom stereocenters. The molecule has 0 spiro atoms. The van der Waals surface area contributed by atoms with Gasteiger partial charge >= 0.3 is 0 Å². The van der Waals surface area contributed by atoms with Crippen molar-refractivity contribution in [2.24, 2.45) is 5.41 Å². The van der Waals surface area contributed by atoms with Crippen molar-refractivity contribution in [2.45, 2.75) is 45.4 Å². The maximum absolute atomic E-state index is 13.6. The van der Waals surface area contributed by atoms with E-state index in [9.17, 15) is 9.59 Å². The van der Waals surface area contributed by atoms with Crippen LogP contribution in [-0.4, -0.2) is 57.8 Å². The number of nitrogens with zero attached hydrogens (tertiary/aromatic N) is 3. The Morgan fingerprint density at radius 2 is 2.00 bits per heavy atom. The Labute approximate surface area is 191 Å². The van der Waals surface area contributed by atoms with Gasteiger partial charge in [0.2, 0.25) is 0 Å². The van der Waals surface area contributed by atoms with E-state index < -0.39 is 0 Å². The van der Waals surface area contributed by atoms with Crippen LogP contribution in [0, 0.1) is 5.41 Å². The van der Waals surface area contributed by atoms with E-state index in [-0.39, 0.29) is 17.1 Å². The maximum atomic E-state index is 13.6. The lowest BCUT2D eigenvalue weighted by Crippen LogP contribution is -2.40. The standard InChI is InChI=1S/C24H28N4O3S/c1-2-24(6-4-3-5-7-24)21(29)17-13-25-22-20(17)27-18(14-26-22)16-12-19(32-15-16)23(30)28-8-10-31-11-9-28/h12-15H,2-11H2,1H3,(H,25,26). The number of ketones is 1. The summed E-state index contributed by atoms with van der Waals surface area (Å²) in [6, 6.07) is 1.88. The van der Waals surface area contributed by atoms with Crippen LogP contribution in [0.25, 0.3) is 22.4 Å². The second kappa shape index (κ2) is 8.75. The molecule has 0 unspecified atom stereocenters. The average Bonchev–Trinajstić information content (AvgIpc) is 3.51. The fourth-order valence-corrected chi connectivity index (χ4v) is 5.83. The maximum Gasteiger partial charge on any atom is 0.264 e. The number of ether oxygens (including phenoxy) is 1. The molecule has 1 amide bonds. The summed E-state index contributed by atoms with van der Waals surface area (Å²) in [5.74, 6) is 0.212. The third-order valence-corrected chi connectivity index (χ3v) is 7.92. The predicted molar refractivity (Wildman–Crippen MR) is 124 cm³/mol. The largest absolute Gasteiger partial charge is 0.378 e. The van der Waals surface area contributed by atoms with Gasteiger partial charge < -0.3 is 14.6 Å². The number of aromatic amines is 1. The van der Waals surface area contributed by atoms with Crippen molar-refractivity contribution in [1.82, 2.24) is 19.9 Å². The minimum absolute atomic E-state index is 0.0262. The van der Waals surface area contributed by atoms with E-state index in [4.69, 9.17) is 9.72 Å². The fourth-order valence-electron chi connectivity index (χ4n) is 4.96. The van der Waals surface area contributed by atoms with E-state index in [1.54, 1.807) is 12.4 Å². The molecule has 1 aliphatic heterocycles. The zero-order valence-electron chi connectivity index (χ0n) is 18.4. The fraction of sp³-hybridized carbons (Fsp3) is 0.500. The molecule has 2 aliphatic rings. The molecule has 1 saturated heterocycles. The third-order valence-electron chi connectivity index (χ3n) is 7.00. The van der Waals surface area contributed by atoms with Crippen molar-refractivity contribution >= 4 is 34.2 Å². The molecule has 0 bridgehead atoms. The van der Waals surface area contributed by atoms with Crippen LogP contribution in [0.4, 0.5) is 0 Å². The Kier molecular flexibility index (Phi) is 5.82. The van der Waals surface area contributed by atoms with Gasteiger partial charge in [0.25, 0.3) is 5.91 Å². The van der Waals surface area contributed by atoms with Crippen molar-refractivity contribution in [1.29, 1.82) is 0 Å². The molecular formula is C24H28N4O3S. The number of morpholine rings is 1.